The molecule has 1 heterocycles. The highest BCUT2D eigenvalue weighted by molar-refractivity contribution is 5.89. The second-order valence-corrected chi connectivity index (χ2v) is 4.78. The van der Waals surface area contributed by atoms with Crippen LogP contribution in [0.25, 0.3) is 6.08 Å². The summed E-state index contributed by atoms with van der Waals surface area (Å²) in [6.45, 7) is 4.34. The van der Waals surface area contributed by atoms with Crippen LogP contribution < -0.4 is 21.5 Å². The summed E-state index contributed by atoms with van der Waals surface area (Å²) in [4.78, 5) is 22.7. The molecule has 0 bridgehead atoms. The lowest BCUT2D eigenvalue weighted by Gasteiger charge is -2.01. The van der Waals surface area contributed by atoms with Crippen LogP contribution in [0, 0.1) is 0 Å². The number of esters is 1. The van der Waals surface area contributed by atoms with Gasteiger partial charge in [0.2, 0.25) is 0 Å². The number of carbonyl (C=O) groups excluding carboxylic acids is 2. The summed E-state index contributed by atoms with van der Waals surface area (Å²) in [5.74, 6) is -0.323. The van der Waals surface area contributed by atoms with Gasteiger partial charge in [0.05, 0.1) is 12.2 Å². The van der Waals surface area contributed by atoms with E-state index in [-0.39, 0.29) is 28.9 Å². The summed E-state index contributed by atoms with van der Waals surface area (Å²) in [5, 5.41) is 0. The van der Waals surface area contributed by atoms with Gasteiger partial charge in [-0.05, 0) is 30.7 Å². The molecule has 0 unspecified atom stereocenters. The number of rotatable bonds is 5. The van der Waals surface area contributed by atoms with E-state index in [1.807, 2.05) is 35.0 Å². The van der Waals surface area contributed by atoms with Gasteiger partial charge >= 0.3 is 11.9 Å². The summed E-state index contributed by atoms with van der Waals surface area (Å²) in [6.07, 6.45) is 9.27. The van der Waals surface area contributed by atoms with Crippen molar-refractivity contribution < 1.29 is 35.9 Å². The monoisotopic (exact) mass is 378 g/mol. The molecule has 0 aliphatic heterocycles. The highest BCUT2D eigenvalue weighted by atomic mass is 79.9. The van der Waals surface area contributed by atoms with E-state index in [1.54, 1.807) is 31.6 Å². The molecular weight excluding hydrogens is 360 g/mol. The summed E-state index contributed by atoms with van der Waals surface area (Å²) in [6, 6.07) is 7.23. The number of ether oxygens (including phenoxy) is 1. The second-order valence-electron chi connectivity index (χ2n) is 4.78. The molecule has 1 aromatic heterocycles. The molecule has 6 heteroatoms. The molecule has 23 heavy (non-hydrogen) atoms. The summed E-state index contributed by atoms with van der Waals surface area (Å²) in [5.41, 5.74) is 1.55. The Balaban J connectivity index is 0.00000264. The van der Waals surface area contributed by atoms with E-state index in [0.29, 0.717) is 18.7 Å². The smallest absolute Gasteiger partial charge is 0.338 e. The van der Waals surface area contributed by atoms with Crippen molar-refractivity contribution in [1.82, 2.24) is 4.57 Å². The van der Waals surface area contributed by atoms with Crippen molar-refractivity contribution in [2.24, 2.45) is 0 Å². The largest absolute Gasteiger partial charge is 1.00 e. The first-order valence-corrected chi connectivity index (χ1v) is 7.12. The van der Waals surface area contributed by atoms with Gasteiger partial charge in [-0.1, -0.05) is 18.2 Å². The molecule has 122 valence electrons. The highest BCUT2D eigenvalue weighted by Crippen LogP contribution is 2.07. The normalized spacial score (nSPS) is 10.3. The Morgan fingerprint density at radius 3 is 2.52 bits per heavy atom. The first-order valence-electron chi connectivity index (χ1n) is 7.12. The molecule has 0 saturated heterocycles. The van der Waals surface area contributed by atoms with Gasteiger partial charge in [0.1, 0.15) is 18.9 Å². The lowest BCUT2D eigenvalue weighted by Crippen LogP contribution is -3.00. The molecule has 2 rings (SSSR count). The molecule has 1 aromatic carbocycles. The van der Waals surface area contributed by atoms with Crippen LogP contribution in [0.2, 0.25) is 0 Å². The zero-order chi connectivity index (χ0) is 15.9. The number of carbonyl (C=O) groups is 2. The number of hydrogen-bond donors (Lipinski definition) is 0. The fourth-order valence-electron chi connectivity index (χ4n) is 1.94. The summed E-state index contributed by atoms with van der Waals surface area (Å²) in [7, 11) is 0. The summed E-state index contributed by atoms with van der Waals surface area (Å²) >= 11 is 0. The lowest BCUT2D eigenvalue weighted by molar-refractivity contribution is -0.686. The van der Waals surface area contributed by atoms with Crippen LogP contribution >= 0.6 is 0 Å². The Labute approximate surface area is 146 Å². The third-order valence-corrected chi connectivity index (χ3v) is 3.10. The van der Waals surface area contributed by atoms with E-state index in [2.05, 4.69) is 0 Å². The maximum Gasteiger partial charge on any atom is 0.338 e. The van der Waals surface area contributed by atoms with Gasteiger partial charge in [-0.2, -0.15) is 4.57 Å². The molecule has 0 atom stereocenters. The predicted octanol–water partition coefficient (Wildman–Crippen LogP) is -0.670. The van der Waals surface area contributed by atoms with Crippen LogP contribution in [-0.4, -0.2) is 23.1 Å². The van der Waals surface area contributed by atoms with Crippen LogP contribution in [0.4, 0.5) is 0 Å². The Morgan fingerprint density at radius 1 is 1.26 bits per heavy atom. The minimum Gasteiger partial charge on any atom is -1.00 e. The van der Waals surface area contributed by atoms with Crippen LogP contribution in [0.5, 0.6) is 0 Å². The number of halogens is 1. The van der Waals surface area contributed by atoms with Gasteiger partial charge in [0.25, 0.3) is 6.33 Å². The van der Waals surface area contributed by atoms with Crippen molar-refractivity contribution in [3.05, 3.63) is 60.2 Å². The third kappa shape index (κ3) is 5.49. The van der Waals surface area contributed by atoms with Crippen molar-refractivity contribution in [2.45, 2.75) is 20.4 Å². The average Bonchev–Trinajstić information content (AvgIpc) is 2.97. The molecule has 0 amide bonds. The van der Waals surface area contributed by atoms with Crippen LogP contribution in [0.1, 0.15) is 34.6 Å². The van der Waals surface area contributed by atoms with Gasteiger partial charge in [0.15, 0.2) is 0 Å². The molecule has 0 radical (unpaired) electrons. The minimum absolute atomic E-state index is 0. The van der Waals surface area contributed by atoms with Crippen molar-refractivity contribution in [3.8, 4) is 0 Å². The van der Waals surface area contributed by atoms with Gasteiger partial charge < -0.3 is 21.7 Å². The van der Waals surface area contributed by atoms with Crippen molar-refractivity contribution in [2.75, 3.05) is 6.61 Å². The van der Waals surface area contributed by atoms with Crippen molar-refractivity contribution in [3.63, 3.8) is 0 Å². The van der Waals surface area contributed by atoms with E-state index in [9.17, 15) is 9.59 Å². The lowest BCUT2D eigenvalue weighted by atomic mass is 10.1. The molecule has 0 fully saturated rings. The fourth-order valence-corrected chi connectivity index (χ4v) is 1.94. The van der Waals surface area contributed by atoms with E-state index in [0.717, 1.165) is 5.56 Å². The number of allylic oxidation sites excluding steroid dienone is 1. The van der Waals surface area contributed by atoms with E-state index in [4.69, 9.17) is 4.74 Å². The Bertz CT molecular complexity index is 690. The van der Waals surface area contributed by atoms with Gasteiger partial charge in [-0.3, -0.25) is 0 Å². The Hall–Kier alpha value is -2.21. The van der Waals surface area contributed by atoms with E-state index in [1.165, 1.54) is 11.5 Å². The predicted molar refractivity (Wildman–Crippen MR) is 82.4 cm³/mol. The number of nitrogens with zero attached hydrogens (tertiary/aromatic N) is 2. The quantitative estimate of drug-likeness (QED) is 0.512. The van der Waals surface area contributed by atoms with Gasteiger partial charge in [-0.15, -0.1) is 0 Å². The van der Waals surface area contributed by atoms with Crippen LogP contribution in [0.3, 0.4) is 0 Å². The maximum absolute atomic E-state index is 11.5. The maximum atomic E-state index is 11.5. The van der Waals surface area contributed by atoms with Crippen LogP contribution in [0.15, 0.2) is 49.1 Å². The third-order valence-electron chi connectivity index (χ3n) is 3.10. The molecule has 0 aliphatic rings. The topological polar surface area (TPSA) is 52.2 Å². The SMILES string of the molecule is CCOC(=O)c1ccc(C=CC[n+]2ccn(C(C)=O)c2)cc1.[Br-]. The first-order chi connectivity index (χ1) is 10.6. The van der Waals surface area contributed by atoms with Crippen LogP contribution in [-0.2, 0) is 11.3 Å². The highest BCUT2D eigenvalue weighted by Gasteiger charge is 2.06. The standard InChI is InChI=1S/C17H19N2O3.BrH/c1-3-22-17(21)16-8-6-15(7-9-16)5-4-10-18-11-12-19(13-18)14(2)20;/h4-9,11-13H,3,10H2,1-2H3;1H/q+1;/p-1. The van der Waals surface area contributed by atoms with Gasteiger partial charge in [-0.25, -0.2) is 14.2 Å². The van der Waals surface area contributed by atoms with Crippen molar-refractivity contribution in [1.29, 1.82) is 0 Å². The average molecular weight is 379 g/mol. The Morgan fingerprint density at radius 2 is 1.96 bits per heavy atom. The molecule has 2 aromatic rings. The Kier molecular flexibility index (Phi) is 7.41. The van der Waals surface area contributed by atoms with E-state index < -0.39 is 0 Å². The number of benzene rings is 1. The zero-order valence-electron chi connectivity index (χ0n) is 13.1. The minimum atomic E-state index is -0.306. The molecule has 0 N–H and O–H groups in total. The van der Waals surface area contributed by atoms with E-state index >= 15 is 0 Å². The van der Waals surface area contributed by atoms with Gasteiger partial charge in [0, 0.05) is 6.92 Å². The molecular formula is C17H19BrN2O3. The zero-order valence-corrected chi connectivity index (χ0v) is 14.7. The molecule has 0 saturated carbocycles. The number of aromatic nitrogens is 2. The second kappa shape index (κ2) is 9.05. The number of hydrogen-bond acceptors (Lipinski definition) is 3. The molecule has 5 nitrogen and oxygen atoms in total. The van der Waals surface area contributed by atoms with Crippen molar-refractivity contribution >= 4 is 18.0 Å². The molecule has 0 aliphatic carbocycles. The first kappa shape index (κ1) is 18.8. The summed E-state index contributed by atoms with van der Waals surface area (Å²) < 4.78 is 8.38. The fraction of sp³-hybridized carbons (Fsp3) is 0.235. The number of imidazole rings is 1. The molecule has 0 spiro atoms.